The summed E-state index contributed by atoms with van der Waals surface area (Å²) in [5.41, 5.74) is 0.570. The summed E-state index contributed by atoms with van der Waals surface area (Å²) < 4.78 is 0. The van der Waals surface area contributed by atoms with Gasteiger partial charge in [0.1, 0.15) is 0 Å². The second kappa shape index (κ2) is 5.31. The van der Waals surface area contributed by atoms with Crippen LogP contribution in [-0.2, 0) is 6.61 Å². The molecule has 0 saturated heterocycles. The predicted molar refractivity (Wildman–Crippen MR) is 63.8 cm³/mol. The number of hydrogen-bond acceptors (Lipinski definition) is 2. The van der Waals surface area contributed by atoms with Crippen LogP contribution in [0.5, 0.6) is 0 Å². The van der Waals surface area contributed by atoms with Gasteiger partial charge >= 0.3 is 0 Å². The Hall–Kier alpha value is -0.830. The van der Waals surface area contributed by atoms with E-state index in [1.54, 1.807) is 25.3 Å². The van der Waals surface area contributed by atoms with Gasteiger partial charge in [0.25, 0.3) is 0 Å². The number of aliphatic hydroxyl groups excluding tert-OH is 1. The molecule has 0 aliphatic heterocycles. The van der Waals surface area contributed by atoms with Gasteiger partial charge in [-0.05, 0) is 24.3 Å². The molecule has 1 N–H and O–H groups in total. The number of allylic oxidation sites excluding steroid dienone is 1. The molecule has 0 bridgehead atoms. The predicted octanol–water partition coefficient (Wildman–Crippen LogP) is 1.47. The van der Waals surface area contributed by atoms with Crippen LogP contribution in [0.3, 0.4) is 0 Å². The van der Waals surface area contributed by atoms with Gasteiger partial charge in [-0.2, -0.15) is 0 Å². The van der Waals surface area contributed by atoms with E-state index in [0.717, 1.165) is 10.4 Å². The molecule has 15 heavy (non-hydrogen) atoms. The van der Waals surface area contributed by atoms with Gasteiger partial charge in [-0.25, -0.2) is 0 Å². The first kappa shape index (κ1) is 12.2. The summed E-state index contributed by atoms with van der Waals surface area (Å²) in [6.07, 6.45) is 3.29. The van der Waals surface area contributed by atoms with Crippen LogP contribution in [-0.4, -0.2) is 10.1 Å². The molecule has 0 spiro atoms. The number of hydrogen-bond donors (Lipinski definition) is 1. The maximum absolute atomic E-state index is 8.95. The Morgan fingerprint density at radius 2 is 2.27 bits per heavy atom. The Morgan fingerprint density at radius 1 is 1.60 bits per heavy atom. The van der Waals surface area contributed by atoms with Crippen molar-refractivity contribution in [3.63, 3.8) is 0 Å². The van der Waals surface area contributed by atoms with E-state index in [1.807, 2.05) is 0 Å². The van der Waals surface area contributed by atoms with E-state index in [0.29, 0.717) is 15.8 Å². The fourth-order valence-electron chi connectivity index (χ4n) is 1.18. The fourth-order valence-corrected chi connectivity index (χ4v) is 1.45. The highest BCUT2D eigenvalue weighted by molar-refractivity contribution is 6.44. The summed E-state index contributed by atoms with van der Waals surface area (Å²) >= 11 is 11.6. The zero-order valence-corrected chi connectivity index (χ0v) is 9.81. The molecular weight excluding hydrogens is 233 g/mol. The van der Waals surface area contributed by atoms with E-state index in [1.165, 1.54) is 0 Å². The highest BCUT2D eigenvalue weighted by Crippen LogP contribution is 1.98. The molecule has 0 aromatic carbocycles. The van der Waals surface area contributed by atoms with Gasteiger partial charge in [0.2, 0.25) is 0 Å². The van der Waals surface area contributed by atoms with Crippen LogP contribution < -0.4 is 10.4 Å². The van der Waals surface area contributed by atoms with E-state index in [2.05, 4.69) is 11.6 Å². The molecule has 0 aliphatic carbocycles. The second-order valence-corrected chi connectivity index (χ2v) is 4.10. The molecule has 0 radical (unpaired) electrons. The van der Waals surface area contributed by atoms with Crippen molar-refractivity contribution in [3.05, 3.63) is 40.0 Å². The van der Waals surface area contributed by atoms with E-state index < -0.39 is 0 Å². The van der Waals surface area contributed by atoms with Crippen LogP contribution in [0, 0.1) is 0 Å². The molecule has 1 aromatic rings. The van der Waals surface area contributed by atoms with Crippen molar-refractivity contribution in [2.75, 3.05) is 0 Å². The SMILES string of the molecule is C=C(Cl)/C=c1/cc(CO)nc/c1=C(/C)Cl. The van der Waals surface area contributed by atoms with Crippen molar-refractivity contribution in [2.24, 2.45) is 0 Å². The minimum absolute atomic E-state index is 0.114. The van der Waals surface area contributed by atoms with Crippen LogP contribution in [0.2, 0.25) is 0 Å². The van der Waals surface area contributed by atoms with E-state index in [4.69, 9.17) is 28.3 Å². The highest BCUT2D eigenvalue weighted by Gasteiger charge is 1.95. The van der Waals surface area contributed by atoms with E-state index in [9.17, 15) is 0 Å². The molecule has 4 heteroatoms. The third kappa shape index (κ3) is 3.34. The number of aromatic nitrogens is 1. The maximum Gasteiger partial charge on any atom is 0.0853 e. The van der Waals surface area contributed by atoms with E-state index >= 15 is 0 Å². The van der Waals surface area contributed by atoms with Crippen LogP contribution in [0.4, 0.5) is 0 Å². The van der Waals surface area contributed by atoms with Crippen LogP contribution >= 0.6 is 23.2 Å². The van der Waals surface area contributed by atoms with Crippen molar-refractivity contribution < 1.29 is 5.11 Å². The largest absolute Gasteiger partial charge is 0.390 e. The second-order valence-electron chi connectivity index (χ2n) is 3.05. The number of aliphatic hydroxyl groups is 1. The maximum atomic E-state index is 8.95. The molecule has 1 aromatic heterocycles. The lowest BCUT2D eigenvalue weighted by Crippen LogP contribution is -2.27. The Balaban J connectivity index is 3.58. The topological polar surface area (TPSA) is 33.1 Å². The van der Waals surface area contributed by atoms with Crippen LogP contribution in [0.1, 0.15) is 12.6 Å². The fraction of sp³-hybridized carbons (Fsp3) is 0.182. The normalized spacial score (nSPS) is 14.0. The highest BCUT2D eigenvalue weighted by atomic mass is 35.5. The molecule has 1 heterocycles. The van der Waals surface area contributed by atoms with Crippen molar-refractivity contribution in [1.29, 1.82) is 0 Å². The van der Waals surface area contributed by atoms with Gasteiger partial charge in [-0.15, -0.1) is 0 Å². The molecule has 1 rings (SSSR count). The zero-order chi connectivity index (χ0) is 11.4. The van der Waals surface area contributed by atoms with Gasteiger partial charge in [0.05, 0.1) is 12.3 Å². The Kier molecular flexibility index (Phi) is 4.33. The lowest BCUT2D eigenvalue weighted by Gasteiger charge is -1.97. The molecule has 80 valence electrons. The lowest BCUT2D eigenvalue weighted by atomic mass is 10.2. The Labute approximate surface area is 98.2 Å². The smallest absolute Gasteiger partial charge is 0.0853 e. The van der Waals surface area contributed by atoms with Crippen molar-refractivity contribution in [1.82, 2.24) is 4.98 Å². The van der Waals surface area contributed by atoms with Crippen LogP contribution in [0.15, 0.2) is 23.9 Å². The molecule has 0 aliphatic rings. The molecule has 0 fully saturated rings. The molecule has 0 unspecified atom stereocenters. The zero-order valence-electron chi connectivity index (χ0n) is 8.30. The van der Waals surface area contributed by atoms with Gasteiger partial charge < -0.3 is 5.11 Å². The number of rotatable bonds is 2. The molecule has 0 atom stereocenters. The first-order valence-electron chi connectivity index (χ1n) is 4.33. The first-order valence-corrected chi connectivity index (χ1v) is 5.08. The summed E-state index contributed by atoms with van der Waals surface area (Å²) in [6.45, 7) is 5.24. The third-order valence-electron chi connectivity index (χ3n) is 1.84. The third-order valence-corrected chi connectivity index (χ3v) is 2.15. The standard InChI is InChI=1S/C11H11Cl2NO/c1-7(12)3-9-4-10(6-15)14-5-11(9)8(2)13/h3-5,15H,1,6H2,2H3/b9-3-,11-8+. The van der Waals surface area contributed by atoms with Gasteiger partial charge in [0, 0.05) is 21.5 Å². The Bertz CT molecular complexity index is 490. The lowest BCUT2D eigenvalue weighted by molar-refractivity contribution is 0.276. The summed E-state index contributed by atoms with van der Waals surface area (Å²) in [7, 11) is 0. The summed E-state index contributed by atoms with van der Waals surface area (Å²) in [4.78, 5) is 4.04. The average molecular weight is 244 g/mol. The van der Waals surface area contributed by atoms with Crippen molar-refractivity contribution in [2.45, 2.75) is 13.5 Å². The van der Waals surface area contributed by atoms with Crippen LogP contribution in [0.25, 0.3) is 11.1 Å². The molecule has 2 nitrogen and oxygen atoms in total. The number of pyridine rings is 1. The number of nitrogens with zero attached hydrogens (tertiary/aromatic N) is 1. The van der Waals surface area contributed by atoms with Gasteiger partial charge in [0.15, 0.2) is 0 Å². The average Bonchev–Trinajstić information content (AvgIpc) is 2.16. The molecule has 0 saturated carbocycles. The van der Waals surface area contributed by atoms with E-state index in [-0.39, 0.29) is 6.61 Å². The van der Waals surface area contributed by atoms with Gasteiger partial charge in [-0.1, -0.05) is 29.8 Å². The molecular formula is C11H11Cl2NO. The minimum atomic E-state index is -0.114. The number of halogens is 2. The van der Waals surface area contributed by atoms with Crippen molar-refractivity contribution >= 4 is 34.3 Å². The minimum Gasteiger partial charge on any atom is -0.390 e. The molecule has 0 amide bonds. The first-order chi connectivity index (χ1) is 7.04. The summed E-state index contributed by atoms with van der Waals surface area (Å²) in [5.74, 6) is 0. The monoisotopic (exact) mass is 243 g/mol. The summed E-state index contributed by atoms with van der Waals surface area (Å²) in [6, 6.07) is 1.73. The summed E-state index contributed by atoms with van der Waals surface area (Å²) in [5, 5.41) is 11.6. The quantitative estimate of drug-likeness (QED) is 0.854. The Morgan fingerprint density at radius 3 is 2.73 bits per heavy atom. The van der Waals surface area contributed by atoms with Crippen molar-refractivity contribution in [3.8, 4) is 0 Å². The van der Waals surface area contributed by atoms with Gasteiger partial charge in [-0.3, -0.25) is 4.98 Å².